The Hall–Kier alpha value is -2.19. The van der Waals surface area contributed by atoms with Crippen molar-refractivity contribution < 1.29 is 9.47 Å². The van der Waals surface area contributed by atoms with E-state index in [4.69, 9.17) is 20.9 Å². The predicted molar refractivity (Wildman–Crippen MR) is 77.2 cm³/mol. The molecule has 8 heteroatoms. The minimum atomic E-state index is 0.0798. The monoisotopic (exact) mass is 290 g/mol. The van der Waals surface area contributed by atoms with Crippen LogP contribution in [0.25, 0.3) is 11.3 Å². The van der Waals surface area contributed by atoms with Crippen LogP contribution in [0.2, 0.25) is 0 Å². The molecule has 1 saturated heterocycles. The number of anilines is 2. The number of hydrogen-bond acceptors (Lipinski definition) is 7. The number of ether oxygens (including phenoxy) is 2. The van der Waals surface area contributed by atoms with Gasteiger partial charge in [-0.3, -0.25) is 5.10 Å². The molecule has 1 fully saturated rings. The predicted octanol–water partition coefficient (Wildman–Crippen LogP) is 0.645. The fourth-order valence-corrected chi connectivity index (χ4v) is 2.32. The van der Waals surface area contributed by atoms with Crippen molar-refractivity contribution in [2.75, 3.05) is 24.7 Å². The summed E-state index contributed by atoms with van der Waals surface area (Å²) in [5.41, 5.74) is 14.6. The van der Waals surface area contributed by atoms with Gasteiger partial charge >= 0.3 is 0 Å². The van der Waals surface area contributed by atoms with Crippen LogP contribution >= 0.6 is 0 Å². The molecule has 0 saturated carbocycles. The van der Waals surface area contributed by atoms with E-state index in [2.05, 4.69) is 20.2 Å². The van der Waals surface area contributed by atoms with Crippen LogP contribution in [0.15, 0.2) is 6.07 Å². The first-order chi connectivity index (χ1) is 10.1. The second-order valence-electron chi connectivity index (χ2n) is 5.02. The summed E-state index contributed by atoms with van der Waals surface area (Å²) in [7, 11) is 0. The molecule has 0 amide bonds. The van der Waals surface area contributed by atoms with Crippen LogP contribution in [0.4, 0.5) is 11.8 Å². The molecule has 8 nitrogen and oxygen atoms in total. The van der Waals surface area contributed by atoms with E-state index in [1.807, 2.05) is 13.0 Å². The maximum atomic E-state index is 5.98. The third-order valence-corrected chi connectivity index (χ3v) is 3.33. The zero-order valence-electron chi connectivity index (χ0n) is 11.8. The lowest BCUT2D eigenvalue weighted by atomic mass is 10.1. The zero-order valence-corrected chi connectivity index (χ0v) is 11.8. The molecule has 21 heavy (non-hydrogen) atoms. The maximum Gasteiger partial charge on any atom is 0.222 e. The number of aromatic amines is 1. The van der Waals surface area contributed by atoms with Crippen LogP contribution in [-0.4, -0.2) is 39.5 Å². The first-order valence-electron chi connectivity index (χ1n) is 6.77. The summed E-state index contributed by atoms with van der Waals surface area (Å²) < 4.78 is 11.1. The number of aromatic nitrogens is 4. The van der Waals surface area contributed by atoms with E-state index in [-0.39, 0.29) is 12.1 Å². The second-order valence-corrected chi connectivity index (χ2v) is 5.02. The molecule has 2 aromatic heterocycles. The highest BCUT2D eigenvalue weighted by Crippen LogP contribution is 2.28. The summed E-state index contributed by atoms with van der Waals surface area (Å²) >= 11 is 0. The molecule has 0 unspecified atom stereocenters. The third-order valence-electron chi connectivity index (χ3n) is 3.33. The summed E-state index contributed by atoms with van der Waals surface area (Å²) in [6, 6.07) is 1.88. The van der Waals surface area contributed by atoms with Crippen LogP contribution in [0, 0.1) is 6.92 Å². The molecule has 5 N–H and O–H groups in total. The van der Waals surface area contributed by atoms with Gasteiger partial charge in [0.1, 0.15) is 5.82 Å². The number of rotatable bonds is 4. The summed E-state index contributed by atoms with van der Waals surface area (Å²) in [5.74, 6) is 0.431. The Balaban J connectivity index is 1.90. The molecule has 3 heterocycles. The summed E-state index contributed by atoms with van der Waals surface area (Å²) in [4.78, 5) is 8.26. The topological polar surface area (TPSA) is 125 Å². The minimum absolute atomic E-state index is 0.0798. The lowest BCUT2D eigenvalue weighted by Gasteiger charge is -2.13. The first kappa shape index (κ1) is 13.8. The molecule has 1 aliphatic heterocycles. The molecule has 1 atom stereocenters. The van der Waals surface area contributed by atoms with E-state index in [9.17, 15) is 0 Å². The fourth-order valence-electron chi connectivity index (χ4n) is 2.32. The van der Waals surface area contributed by atoms with Gasteiger partial charge in [0, 0.05) is 12.3 Å². The van der Waals surface area contributed by atoms with Gasteiger partial charge in [-0.1, -0.05) is 0 Å². The van der Waals surface area contributed by atoms with Gasteiger partial charge in [0.2, 0.25) is 5.95 Å². The Labute approximate surface area is 121 Å². The molecular weight excluding hydrogens is 272 g/mol. The van der Waals surface area contributed by atoms with Crippen molar-refractivity contribution in [3.63, 3.8) is 0 Å². The molecule has 112 valence electrons. The third kappa shape index (κ3) is 2.96. The molecule has 3 rings (SSSR count). The van der Waals surface area contributed by atoms with Crippen LogP contribution in [-0.2, 0) is 16.1 Å². The molecule has 0 radical (unpaired) electrons. The Morgan fingerprint density at radius 1 is 1.43 bits per heavy atom. The summed E-state index contributed by atoms with van der Waals surface area (Å²) in [6.07, 6.45) is 0.962. The van der Waals surface area contributed by atoms with Crippen LogP contribution < -0.4 is 11.5 Å². The normalized spacial score (nSPS) is 18.2. The molecular formula is C13H18N6O2. The van der Waals surface area contributed by atoms with Gasteiger partial charge in [-0.15, -0.1) is 0 Å². The molecule has 0 bridgehead atoms. The Morgan fingerprint density at radius 3 is 2.95 bits per heavy atom. The van der Waals surface area contributed by atoms with Gasteiger partial charge in [0.15, 0.2) is 0 Å². The number of H-pyrrole nitrogens is 1. The van der Waals surface area contributed by atoms with E-state index < -0.39 is 0 Å². The van der Waals surface area contributed by atoms with Gasteiger partial charge in [0.25, 0.3) is 0 Å². The number of nitrogens with zero attached hydrogens (tertiary/aromatic N) is 3. The van der Waals surface area contributed by atoms with Crippen molar-refractivity contribution in [3.8, 4) is 11.3 Å². The zero-order chi connectivity index (χ0) is 14.8. The lowest BCUT2D eigenvalue weighted by molar-refractivity contribution is 0.0304. The highest BCUT2D eigenvalue weighted by atomic mass is 16.5. The van der Waals surface area contributed by atoms with Crippen molar-refractivity contribution >= 4 is 11.8 Å². The average Bonchev–Trinajstić information content (AvgIpc) is 3.07. The number of hydrogen-bond donors (Lipinski definition) is 3. The van der Waals surface area contributed by atoms with E-state index in [1.165, 1.54) is 0 Å². The van der Waals surface area contributed by atoms with Gasteiger partial charge in [-0.05, 0) is 19.4 Å². The first-order valence-corrected chi connectivity index (χ1v) is 6.77. The van der Waals surface area contributed by atoms with Crippen molar-refractivity contribution in [2.45, 2.75) is 26.1 Å². The highest BCUT2D eigenvalue weighted by Gasteiger charge is 2.20. The second kappa shape index (κ2) is 5.66. The largest absolute Gasteiger partial charge is 0.383 e. The van der Waals surface area contributed by atoms with Crippen LogP contribution in [0.3, 0.4) is 0 Å². The molecule has 0 aromatic carbocycles. The number of aryl methyl sites for hydroxylation is 1. The van der Waals surface area contributed by atoms with Crippen LogP contribution in [0.5, 0.6) is 0 Å². The van der Waals surface area contributed by atoms with E-state index in [1.54, 1.807) is 0 Å². The average molecular weight is 290 g/mol. The fraction of sp³-hybridized carbons (Fsp3) is 0.462. The van der Waals surface area contributed by atoms with Gasteiger partial charge < -0.3 is 20.9 Å². The number of nitrogens with one attached hydrogen (secondary N) is 1. The standard InChI is InChI=1S/C13H18N6O2/c1-7-4-9(19-18-7)11-10(16-13(15)17-12(11)14)6-21-8-2-3-20-5-8/h4,8H,2-3,5-6H2,1H3,(H,18,19)(H4,14,15,16,17)/t8-/m1/s1. The maximum absolute atomic E-state index is 5.98. The van der Waals surface area contributed by atoms with E-state index >= 15 is 0 Å². The van der Waals surface area contributed by atoms with Crippen LogP contribution in [0.1, 0.15) is 17.8 Å². The van der Waals surface area contributed by atoms with Crippen molar-refractivity contribution in [1.29, 1.82) is 0 Å². The minimum Gasteiger partial charge on any atom is -0.383 e. The van der Waals surface area contributed by atoms with E-state index in [0.717, 1.165) is 18.7 Å². The quantitative estimate of drug-likeness (QED) is 0.754. The van der Waals surface area contributed by atoms with Crippen molar-refractivity contribution in [3.05, 3.63) is 17.5 Å². The molecule has 1 aliphatic rings. The van der Waals surface area contributed by atoms with E-state index in [0.29, 0.717) is 36.0 Å². The lowest BCUT2D eigenvalue weighted by Crippen LogP contribution is -2.14. The molecule has 0 aliphatic carbocycles. The summed E-state index contributed by atoms with van der Waals surface area (Å²) in [5, 5.41) is 7.09. The Kier molecular flexibility index (Phi) is 3.72. The number of nitrogens with two attached hydrogens (primary N) is 2. The van der Waals surface area contributed by atoms with Gasteiger partial charge in [-0.25, -0.2) is 4.98 Å². The van der Waals surface area contributed by atoms with Crippen molar-refractivity contribution in [2.24, 2.45) is 0 Å². The summed E-state index contributed by atoms with van der Waals surface area (Å²) in [6.45, 7) is 3.54. The highest BCUT2D eigenvalue weighted by molar-refractivity contribution is 5.74. The smallest absolute Gasteiger partial charge is 0.222 e. The Morgan fingerprint density at radius 2 is 2.29 bits per heavy atom. The number of nitrogen functional groups attached to an aromatic ring is 2. The van der Waals surface area contributed by atoms with Gasteiger partial charge in [0.05, 0.1) is 36.3 Å². The van der Waals surface area contributed by atoms with Gasteiger partial charge in [-0.2, -0.15) is 10.1 Å². The van der Waals surface area contributed by atoms with Crippen molar-refractivity contribution in [1.82, 2.24) is 20.2 Å². The SMILES string of the molecule is Cc1cc(-c2c(N)nc(N)nc2CO[C@@H]2CCOC2)n[nH]1. The Bertz CT molecular complexity index is 636. The molecule has 2 aromatic rings. The molecule has 0 spiro atoms.